The van der Waals surface area contributed by atoms with Crippen LogP contribution < -0.4 is 10.4 Å². The molecule has 1 heterocycles. The van der Waals surface area contributed by atoms with E-state index in [2.05, 4.69) is 0 Å². The number of rotatable bonds is 7. The predicted molar refractivity (Wildman–Crippen MR) is 102 cm³/mol. The van der Waals surface area contributed by atoms with Crippen molar-refractivity contribution in [3.63, 3.8) is 0 Å². The van der Waals surface area contributed by atoms with Crippen LogP contribution in [0.4, 0.5) is 11.4 Å². The van der Waals surface area contributed by atoms with E-state index in [0.717, 1.165) is 0 Å². The Bertz CT molecular complexity index is 621. The highest BCUT2D eigenvalue weighted by molar-refractivity contribution is 6.62. The van der Waals surface area contributed by atoms with Crippen LogP contribution in [0.3, 0.4) is 0 Å². The van der Waals surface area contributed by atoms with Gasteiger partial charge in [-0.15, -0.1) is 23.2 Å². The van der Waals surface area contributed by atoms with Crippen LogP contribution in [0.1, 0.15) is 27.7 Å². The summed E-state index contributed by atoms with van der Waals surface area (Å²) < 4.78 is 12.0. The van der Waals surface area contributed by atoms with Crippen LogP contribution in [0.5, 0.6) is 0 Å². The molecule has 1 aliphatic heterocycles. The van der Waals surface area contributed by atoms with Gasteiger partial charge in [0.1, 0.15) is 5.69 Å². The lowest BCUT2D eigenvalue weighted by Crippen LogP contribution is -2.41. The highest BCUT2D eigenvalue weighted by Crippen LogP contribution is 2.37. The number of hydrogen-bond donors (Lipinski definition) is 0. The molecule has 0 N–H and O–H groups in total. The van der Waals surface area contributed by atoms with Crippen LogP contribution in [0, 0.1) is 10.1 Å². The summed E-state index contributed by atoms with van der Waals surface area (Å²) >= 11 is 11.6. The third-order valence-electron chi connectivity index (χ3n) is 4.77. The van der Waals surface area contributed by atoms with Gasteiger partial charge in [0.15, 0.2) is 0 Å². The first-order chi connectivity index (χ1) is 11.6. The molecule has 1 saturated heterocycles. The van der Waals surface area contributed by atoms with Crippen molar-refractivity contribution in [3.8, 4) is 0 Å². The first kappa shape index (κ1) is 20.3. The maximum Gasteiger partial charge on any atom is 0.495 e. The number of hydrogen-bond acceptors (Lipinski definition) is 5. The van der Waals surface area contributed by atoms with Crippen molar-refractivity contribution in [1.29, 1.82) is 0 Å². The second-order valence-electron chi connectivity index (χ2n) is 6.96. The van der Waals surface area contributed by atoms with E-state index in [1.54, 1.807) is 12.1 Å². The van der Waals surface area contributed by atoms with Gasteiger partial charge >= 0.3 is 7.12 Å². The molecule has 138 valence electrons. The molecule has 0 atom stereocenters. The maximum absolute atomic E-state index is 11.6. The van der Waals surface area contributed by atoms with Crippen LogP contribution in [-0.2, 0) is 9.31 Å². The summed E-state index contributed by atoms with van der Waals surface area (Å²) in [4.78, 5) is 13.0. The molecule has 0 aromatic heterocycles. The minimum absolute atomic E-state index is 0.0116. The number of alkyl halides is 2. The molecule has 0 unspecified atom stereocenters. The van der Waals surface area contributed by atoms with E-state index in [4.69, 9.17) is 32.5 Å². The summed E-state index contributed by atoms with van der Waals surface area (Å²) in [7, 11) is -0.646. The Labute approximate surface area is 158 Å². The Morgan fingerprint density at radius 2 is 1.64 bits per heavy atom. The zero-order chi connectivity index (χ0) is 18.8. The van der Waals surface area contributed by atoms with Crippen molar-refractivity contribution in [2.24, 2.45) is 0 Å². The molecule has 1 fully saturated rings. The van der Waals surface area contributed by atoms with Gasteiger partial charge in [-0.3, -0.25) is 10.1 Å². The van der Waals surface area contributed by atoms with Gasteiger partial charge in [-0.05, 0) is 39.2 Å². The molecule has 9 heteroatoms. The second-order valence-corrected chi connectivity index (χ2v) is 7.71. The molecule has 1 aromatic carbocycles. The number of halogens is 2. The summed E-state index contributed by atoms with van der Waals surface area (Å²) in [5, 5.41) is 11.6. The SMILES string of the molecule is CC1(C)OB(c2ccc(N(CCCl)CCCl)c([N+](=O)[O-])c2)OC1(C)C. The summed E-state index contributed by atoms with van der Waals surface area (Å²) in [6.07, 6.45) is 0. The molecule has 0 aliphatic carbocycles. The van der Waals surface area contributed by atoms with Crippen molar-refractivity contribution in [2.75, 3.05) is 29.7 Å². The number of anilines is 1. The van der Waals surface area contributed by atoms with E-state index in [1.807, 2.05) is 32.6 Å². The fraction of sp³-hybridized carbons (Fsp3) is 0.625. The topological polar surface area (TPSA) is 64.8 Å². The third kappa shape index (κ3) is 4.22. The van der Waals surface area contributed by atoms with E-state index in [-0.39, 0.29) is 5.69 Å². The molecule has 25 heavy (non-hydrogen) atoms. The molecule has 2 rings (SSSR count). The molecule has 0 saturated carbocycles. The van der Waals surface area contributed by atoms with Crippen molar-refractivity contribution in [3.05, 3.63) is 28.3 Å². The molecule has 0 amide bonds. The smallest absolute Gasteiger partial charge is 0.399 e. The van der Waals surface area contributed by atoms with Crippen LogP contribution in [0.2, 0.25) is 0 Å². The first-order valence-corrected chi connectivity index (χ1v) is 9.20. The minimum atomic E-state index is -0.646. The van der Waals surface area contributed by atoms with Crippen LogP contribution in [0.15, 0.2) is 18.2 Å². The van der Waals surface area contributed by atoms with Crippen molar-refractivity contribution >= 4 is 47.2 Å². The van der Waals surface area contributed by atoms with E-state index in [1.165, 1.54) is 6.07 Å². The van der Waals surface area contributed by atoms with Gasteiger partial charge in [-0.2, -0.15) is 0 Å². The first-order valence-electron chi connectivity index (χ1n) is 8.14. The van der Waals surface area contributed by atoms with Crippen molar-refractivity contribution < 1.29 is 14.2 Å². The molecular weight excluding hydrogens is 366 g/mol. The Morgan fingerprint density at radius 3 is 2.08 bits per heavy atom. The van der Waals surface area contributed by atoms with Crippen molar-refractivity contribution in [1.82, 2.24) is 0 Å². The van der Waals surface area contributed by atoms with Crippen LogP contribution >= 0.6 is 23.2 Å². The van der Waals surface area contributed by atoms with Gasteiger partial charge < -0.3 is 14.2 Å². The highest BCUT2D eigenvalue weighted by atomic mass is 35.5. The lowest BCUT2D eigenvalue weighted by molar-refractivity contribution is -0.384. The molecule has 1 aromatic rings. The monoisotopic (exact) mass is 388 g/mol. The number of nitrogens with zero attached hydrogens (tertiary/aromatic N) is 2. The lowest BCUT2D eigenvalue weighted by Gasteiger charge is -2.32. The van der Waals surface area contributed by atoms with Crippen LogP contribution in [-0.4, -0.2) is 48.1 Å². The Kier molecular flexibility index (Phi) is 6.25. The molecule has 6 nitrogen and oxygen atoms in total. The quantitative estimate of drug-likeness (QED) is 0.310. The van der Waals surface area contributed by atoms with E-state index in [9.17, 15) is 10.1 Å². The molecular formula is C16H23BCl2N2O4. The zero-order valence-electron chi connectivity index (χ0n) is 14.9. The zero-order valence-corrected chi connectivity index (χ0v) is 16.4. The fourth-order valence-corrected chi connectivity index (χ4v) is 3.04. The molecule has 0 spiro atoms. The average molecular weight is 389 g/mol. The van der Waals surface area contributed by atoms with E-state index in [0.29, 0.717) is 36.0 Å². The van der Waals surface area contributed by atoms with Gasteiger partial charge in [0, 0.05) is 30.9 Å². The van der Waals surface area contributed by atoms with Gasteiger partial charge in [0.05, 0.1) is 16.1 Å². The summed E-state index contributed by atoms with van der Waals surface area (Å²) in [6, 6.07) is 5.00. The van der Waals surface area contributed by atoms with Gasteiger partial charge in [0.25, 0.3) is 5.69 Å². The van der Waals surface area contributed by atoms with Crippen molar-refractivity contribution in [2.45, 2.75) is 38.9 Å². The largest absolute Gasteiger partial charge is 0.495 e. The van der Waals surface area contributed by atoms with E-state index < -0.39 is 23.2 Å². The minimum Gasteiger partial charge on any atom is -0.399 e. The van der Waals surface area contributed by atoms with Gasteiger partial charge in [-0.25, -0.2) is 0 Å². The average Bonchev–Trinajstić information content (AvgIpc) is 2.74. The summed E-state index contributed by atoms with van der Waals surface area (Å²) in [5.74, 6) is 0.708. The number of nitro groups is 1. The lowest BCUT2D eigenvalue weighted by atomic mass is 9.78. The molecule has 1 aliphatic rings. The summed E-state index contributed by atoms with van der Waals surface area (Å²) in [5.41, 5.74) is 0.0859. The molecule has 0 radical (unpaired) electrons. The third-order valence-corrected chi connectivity index (χ3v) is 5.11. The Hall–Kier alpha value is -1.02. The van der Waals surface area contributed by atoms with E-state index >= 15 is 0 Å². The highest BCUT2D eigenvalue weighted by Gasteiger charge is 2.52. The Balaban J connectivity index is 2.38. The second kappa shape index (κ2) is 7.70. The number of benzene rings is 1. The molecule has 0 bridgehead atoms. The fourth-order valence-electron chi connectivity index (χ4n) is 2.64. The van der Waals surface area contributed by atoms with Crippen LogP contribution in [0.25, 0.3) is 0 Å². The predicted octanol–water partition coefficient (Wildman–Crippen LogP) is 3.18. The van der Waals surface area contributed by atoms with Gasteiger partial charge in [-0.1, -0.05) is 6.07 Å². The number of nitro benzene ring substituents is 1. The standard InChI is InChI=1S/C16H23BCl2N2O4/c1-15(2)16(3,4)25-17(24-15)12-5-6-13(14(11-12)21(22)23)20(9-7-18)10-8-19/h5-6,11H,7-10H2,1-4H3. The van der Waals surface area contributed by atoms with Gasteiger partial charge in [0.2, 0.25) is 0 Å². The Morgan fingerprint density at radius 1 is 1.12 bits per heavy atom. The maximum atomic E-state index is 11.6. The summed E-state index contributed by atoms with van der Waals surface area (Å²) in [6.45, 7) is 8.73. The normalized spacial score (nSPS) is 18.4.